The smallest absolute Gasteiger partial charge is 0.264 e. The van der Waals surface area contributed by atoms with Crippen LogP contribution in [0.4, 0.5) is 5.69 Å². The predicted octanol–water partition coefficient (Wildman–Crippen LogP) is 5.76. The number of aryl methyl sites for hydroxylation is 2. The number of sulfonamides is 1. The minimum Gasteiger partial charge on any atom is -0.497 e. The third-order valence-corrected chi connectivity index (χ3v) is 9.72. The Kier molecular flexibility index (Phi) is 10.9. The molecule has 43 heavy (non-hydrogen) atoms. The van der Waals surface area contributed by atoms with Gasteiger partial charge in [0.2, 0.25) is 11.8 Å². The summed E-state index contributed by atoms with van der Waals surface area (Å²) in [6.45, 7) is 5.32. The number of carbonyl (C=O) groups excluding carboxylic acids is 2. The lowest BCUT2D eigenvalue weighted by molar-refractivity contribution is -0.140. The molecule has 0 aliphatic heterocycles. The fourth-order valence-corrected chi connectivity index (χ4v) is 7.19. The summed E-state index contributed by atoms with van der Waals surface area (Å²) < 4.78 is 34.7. The Labute approximate surface area is 256 Å². The first-order chi connectivity index (χ1) is 20.6. The molecular weight excluding hydrogens is 562 g/mol. The Morgan fingerprint density at radius 1 is 0.930 bits per heavy atom. The second-order valence-electron chi connectivity index (χ2n) is 11.3. The largest absolute Gasteiger partial charge is 0.497 e. The topological polar surface area (TPSA) is 96.0 Å². The number of ether oxygens (including phenoxy) is 1. The van der Waals surface area contributed by atoms with Crippen LogP contribution in [-0.4, -0.2) is 50.9 Å². The molecule has 8 nitrogen and oxygen atoms in total. The number of hydrogen-bond acceptors (Lipinski definition) is 5. The van der Waals surface area contributed by atoms with Crippen LogP contribution in [0.25, 0.3) is 0 Å². The second-order valence-corrected chi connectivity index (χ2v) is 13.2. The average Bonchev–Trinajstić information content (AvgIpc) is 3.00. The lowest BCUT2D eigenvalue weighted by Crippen LogP contribution is -2.54. The maximum Gasteiger partial charge on any atom is 0.264 e. The second kappa shape index (κ2) is 14.6. The van der Waals surface area contributed by atoms with Crippen molar-refractivity contribution in [3.05, 3.63) is 89.5 Å². The van der Waals surface area contributed by atoms with Gasteiger partial charge in [0, 0.05) is 12.6 Å². The van der Waals surface area contributed by atoms with Crippen molar-refractivity contribution in [2.75, 3.05) is 18.0 Å². The summed E-state index contributed by atoms with van der Waals surface area (Å²) in [4.78, 5) is 29.6. The van der Waals surface area contributed by atoms with E-state index in [-0.39, 0.29) is 23.4 Å². The van der Waals surface area contributed by atoms with E-state index < -0.39 is 28.5 Å². The highest BCUT2D eigenvalue weighted by Crippen LogP contribution is 2.27. The highest BCUT2D eigenvalue weighted by Gasteiger charge is 2.34. The summed E-state index contributed by atoms with van der Waals surface area (Å²) in [7, 11) is -2.54. The number of rotatable bonds is 12. The molecule has 4 rings (SSSR count). The minimum atomic E-state index is -4.11. The maximum atomic E-state index is 14.3. The molecule has 1 aliphatic carbocycles. The van der Waals surface area contributed by atoms with E-state index in [1.165, 1.54) is 17.0 Å². The average molecular weight is 606 g/mol. The number of anilines is 1. The summed E-state index contributed by atoms with van der Waals surface area (Å²) in [5.41, 5.74) is 2.93. The van der Waals surface area contributed by atoms with Gasteiger partial charge in [-0.25, -0.2) is 8.42 Å². The normalized spacial score (nSPS) is 14.5. The van der Waals surface area contributed by atoms with Crippen LogP contribution in [0.2, 0.25) is 0 Å². The first kappa shape index (κ1) is 32.1. The molecule has 0 aromatic heterocycles. The molecule has 2 amide bonds. The van der Waals surface area contributed by atoms with Gasteiger partial charge in [0.15, 0.2) is 0 Å². The van der Waals surface area contributed by atoms with Crippen LogP contribution in [0.5, 0.6) is 5.75 Å². The fourth-order valence-electron chi connectivity index (χ4n) is 5.77. The SMILES string of the molecule is CC[C@H](C(=O)NC1CCCCC1)N(Cc1cccc(OC)c1)C(=O)CN(c1cc(C)cc(C)c1)S(=O)(=O)c1ccccc1. The van der Waals surface area contributed by atoms with E-state index in [4.69, 9.17) is 4.74 Å². The lowest BCUT2D eigenvalue weighted by atomic mass is 9.95. The van der Waals surface area contributed by atoms with Crippen molar-refractivity contribution < 1.29 is 22.7 Å². The Balaban J connectivity index is 1.73. The standard InChI is InChI=1S/C34H43N3O5S/c1-5-32(34(39)35-28-14-8-6-9-15-28)36(23-27-13-12-16-30(22-27)42-4)33(38)24-37(29-20-25(2)19-26(3)21-29)43(40,41)31-17-10-7-11-18-31/h7,10-13,16-22,28,32H,5-6,8-9,14-15,23-24H2,1-4H3,(H,35,39)/t32-/m1/s1. The molecule has 3 aromatic carbocycles. The molecule has 230 valence electrons. The van der Waals surface area contributed by atoms with Gasteiger partial charge in [0.05, 0.1) is 17.7 Å². The van der Waals surface area contributed by atoms with Crippen LogP contribution in [0.15, 0.2) is 77.7 Å². The van der Waals surface area contributed by atoms with Crippen LogP contribution < -0.4 is 14.4 Å². The van der Waals surface area contributed by atoms with Crippen molar-refractivity contribution in [3.63, 3.8) is 0 Å². The summed E-state index contributed by atoms with van der Waals surface area (Å²) in [5, 5.41) is 3.18. The van der Waals surface area contributed by atoms with Gasteiger partial charge in [-0.1, -0.05) is 62.6 Å². The Bertz CT molecular complexity index is 1480. The van der Waals surface area contributed by atoms with E-state index in [9.17, 15) is 18.0 Å². The number of nitrogens with zero attached hydrogens (tertiary/aromatic N) is 2. The van der Waals surface area contributed by atoms with Gasteiger partial charge in [-0.15, -0.1) is 0 Å². The molecule has 1 atom stereocenters. The van der Waals surface area contributed by atoms with Crippen molar-refractivity contribution in [1.82, 2.24) is 10.2 Å². The van der Waals surface area contributed by atoms with Crippen LogP contribution in [0.1, 0.15) is 62.1 Å². The first-order valence-corrected chi connectivity index (χ1v) is 16.4. The maximum absolute atomic E-state index is 14.3. The molecule has 0 bridgehead atoms. The van der Waals surface area contributed by atoms with E-state index in [0.717, 1.165) is 53.1 Å². The molecule has 3 aromatic rings. The number of hydrogen-bond donors (Lipinski definition) is 1. The molecule has 0 unspecified atom stereocenters. The molecule has 9 heteroatoms. The molecule has 0 spiro atoms. The van der Waals surface area contributed by atoms with Crippen molar-refractivity contribution in [3.8, 4) is 5.75 Å². The monoisotopic (exact) mass is 605 g/mol. The summed E-state index contributed by atoms with van der Waals surface area (Å²) >= 11 is 0. The minimum absolute atomic E-state index is 0.0781. The van der Waals surface area contributed by atoms with Gasteiger partial charge >= 0.3 is 0 Å². The third-order valence-electron chi connectivity index (χ3n) is 7.93. The van der Waals surface area contributed by atoms with E-state index in [2.05, 4.69) is 5.32 Å². The first-order valence-electron chi connectivity index (χ1n) is 15.0. The van der Waals surface area contributed by atoms with E-state index >= 15 is 0 Å². The molecule has 0 heterocycles. The highest BCUT2D eigenvalue weighted by atomic mass is 32.2. The molecular formula is C34H43N3O5S. The predicted molar refractivity (Wildman–Crippen MR) is 170 cm³/mol. The van der Waals surface area contributed by atoms with Gasteiger partial charge in [-0.2, -0.15) is 0 Å². The summed E-state index contributed by atoms with van der Waals surface area (Å²) in [5.74, 6) is -0.0465. The number of benzene rings is 3. The van der Waals surface area contributed by atoms with Crippen LogP contribution >= 0.6 is 0 Å². The zero-order chi connectivity index (χ0) is 31.0. The third kappa shape index (κ3) is 8.16. The van der Waals surface area contributed by atoms with Gasteiger partial charge in [0.25, 0.3) is 10.0 Å². The highest BCUT2D eigenvalue weighted by molar-refractivity contribution is 7.92. The zero-order valence-electron chi connectivity index (χ0n) is 25.6. The Morgan fingerprint density at radius 3 is 2.23 bits per heavy atom. The number of methoxy groups -OCH3 is 1. The van der Waals surface area contributed by atoms with E-state index in [0.29, 0.717) is 17.9 Å². The van der Waals surface area contributed by atoms with Gasteiger partial charge in [0.1, 0.15) is 18.3 Å². The summed E-state index contributed by atoms with van der Waals surface area (Å²) in [6, 6.07) is 20.2. The van der Waals surface area contributed by atoms with Crippen molar-refractivity contribution in [2.45, 2.75) is 82.8 Å². The van der Waals surface area contributed by atoms with Gasteiger partial charge in [-0.3, -0.25) is 13.9 Å². The van der Waals surface area contributed by atoms with Crippen molar-refractivity contribution in [2.24, 2.45) is 0 Å². The van der Waals surface area contributed by atoms with Crippen molar-refractivity contribution >= 4 is 27.5 Å². The Hall–Kier alpha value is -3.85. The summed E-state index contributed by atoms with van der Waals surface area (Å²) in [6.07, 6.45) is 5.51. The van der Waals surface area contributed by atoms with Crippen LogP contribution in [-0.2, 0) is 26.2 Å². The number of nitrogens with one attached hydrogen (secondary N) is 1. The zero-order valence-corrected chi connectivity index (χ0v) is 26.4. The molecule has 1 N–H and O–H groups in total. The Morgan fingerprint density at radius 2 is 1.60 bits per heavy atom. The quantitative estimate of drug-likeness (QED) is 0.283. The van der Waals surface area contributed by atoms with Crippen LogP contribution in [0, 0.1) is 13.8 Å². The van der Waals surface area contributed by atoms with Crippen LogP contribution in [0.3, 0.4) is 0 Å². The lowest BCUT2D eigenvalue weighted by Gasteiger charge is -2.34. The van der Waals surface area contributed by atoms with E-state index in [1.807, 2.05) is 51.1 Å². The molecule has 1 saturated carbocycles. The number of carbonyl (C=O) groups is 2. The number of amides is 2. The van der Waals surface area contributed by atoms with Gasteiger partial charge in [-0.05, 0) is 86.2 Å². The molecule has 1 aliphatic rings. The van der Waals surface area contributed by atoms with E-state index in [1.54, 1.807) is 37.4 Å². The van der Waals surface area contributed by atoms with Gasteiger partial charge < -0.3 is 15.0 Å². The fraction of sp³-hybridized carbons (Fsp3) is 0.412. The molecule has 1 fully saturated rings. The molecule has 0 radical (unpaired) electrons. The molecule has 0 saturated heterocycles. The van der Waals surface area contributed by atoms with Crippen molar-refractivity contribution in [1.29, 1.82) is 0 Å².